The molecule has 1 unspecified atom stereocenters. The topological polar surface area (TPSA) is 0 Å². The molecule has 0 spiro atoms. The Morgan fingerprint density at radius 3 is 1.83 bits per heavy atom. The molecular weight excluding hydrogens is 784 g/mol. The van der Waals surface area contributed by atoms with Gasteiger partial charge in [0, 0.05) is 0 Å². The fraction of sp³-hybridized carbons (Fsp3) is 0.511. The van der Waals surface area contributed by atoms with E-state index in [4.69, 9.17) is 0 Å². The predicted octanol–water partition coefficient (Wildman–Crippen LogP) is 6.43. The third-order valence-electron chi connectivity index (χ3n) is 13.4. The molecule has 6 aliphatic rings. The molecule has 4 saturated carbocycles. The zero-order chi connectivity index (χ0) is 36.2. The molecule has 4 bridgehead atoms. The van der Waals surface area contributed by atoms with Crippen LogP contribution in [0.5, 0.6) is 0 Å². The average Bonchev–Trinajstić information content (AvgIpc) is 3.52. The molecule has 9 rings (SSSR count). The fourth-order valence-electron chi connectivity index (χ4n) is 11.2. The second kappa shape index (κ2) is 14.3. The van der Waals surface area contributed by atoms with Crippen LogP contribution in [0.1, 0.15) is 134 Å². The van der Waals surface area contributed by atoms with Gasteiger partial charge in [-0.05, 0) is 0 Å². The molecule has 1 atom stereocenters. The zero-order valence-corrected chi connectivity index (χ0v) is 36.7. The third-order valence-corrected chi connectivity index (χ3v) is 20.9. The van der Waals surface area contributed by atoms with Crippen LogP contribution in [0.3, 0.4) is 0 Å². The molecule has 3 aromatic rings. The van der Waals surface area contributed by atoms with Gasteiger partial charge in [0.25, 0.3) is 0 Å². The van der Waals surface area contributed by atoms with E-state index >= 15 is 0 Å². The van der Waals surface area contributed by atoms with Crippen LogP contribution in [0.15, 0.2) is 75.1 Å². The van der Waals surface area contributed by atoms with Crippen molar-refractivity contribution in [3.05, 3.63) is 108 Å². The maximum atomic E-state index is 13.7. The Bertz CT molecular complexity index is 1960. The Labute approximate surface area is 336 Å². The molecule has 6 heteroatoms. The van der Waals surface area contributed by atoms with E-state index in [-0.39, 0.29) is 35.6 Å². The van der Waals surface area contributed by atoms with Crippen molar-refractivity contribution in [3.63, 3.8) is 0 Å². The normalized spacial score (nSPS) is 25.9. The van der Waals surface area contributed by atoms with Gasteiger partial charge in [-0.1, -0.05) is 0 Å². The number of hydrogen-bond donors (Lipinski definition) is 0. The second-order valence-corrected chi connectivity index (χ2v) is 24.8. The molecule has 6 aliphatic carbocycles. The van der Waals surface area contributed by atoms with E-state index in [0.717, 1.165) is 29.7 Å². The monoisotopic (exact) mass is 836 g/mol. The molecule has 3 aromatic carbocycles. The van der Waals surface area contributed by atoms with Crippen LogP contribution in [-0.4, -0.2) is 3.71 Å². The van der Waals surface area contributed by atoms with Gasteiger partial charge in [-0.3, -0.25) is 0 Å². The van der Waals surface area contributed by atoms with E-state index in [1.165, 1.54) is 99.3 Å². The minimum Gasteiger partial charge on any atom is -1.00 e. The minimum absolute atomic E-state index is 0. The fourth-order valence-corrected chi connectivity index (χ4v) is 18.9. The van der Waals surface area contributed by atoms with Gasteiger partial charge >= 0.3 is 314 Å². The van der Waals surface area contributed by atoms with Gasteiger partial charge in [-0.15, -0.1) is 0 Å². The number of halogens is 5. The maximum absolute atomic E-state index is 13.7. The van der Waals surface area contributed by atoms with Crippen LogP contribution >= 0.6 is 0 Å². The standard InChI is InChI=1S/C21H25.C18H25.C8H5F3.2ClH.Zr/c1-20(2,3)16-9-7-14-11-15-8-10-17(21(4,5)6)13-19(15)18(14)12-16;1-12-3-13(2)17(4-12)11-18-8-14-5-15(9-18)7-16(6-14)10-18;1-6-2-4-7(5-3-6)8(9,10)11;;;/h7,9-10,12-13H,11H2,1-6H3;4,12,14-16H,5-11H2,1-2H3;1-5H;2*1H;/q;;;;;+2/p-2. The van der Waals surface area contributed by atoms with Gasteiger partial charge in [-0.25, -0.2) is 0 Å². The number of alkyl halides is 3. The summed E-state index contributed by atoms with van der Waals surface area (Å²) in [6.45, 7) is 18.6. The Morgan fingerprint density at radius 2 is 1.28 bits per heavy atom. The van der Waals surface area contributed by atoms with Crippen molar-refractivity contribution in [2.45, 2.75) is 124 Å². The molecule has 0 saturated heterocycles. The first-order valence-electron chi connectivity index (χ1n) is 19.5. The molecule has 0 heterocycles. The van der Waals surface area contributed by atoms with Crippen molar-refractivity contribution >= 4 is 6.98 Å². The molecular formula is C47H55Cl2F3Zr. The van der Waals surface area contributed by atoms with Crippen molar-refractivity contribution in [2.75, 3.05) is 0 Å². The van der Waals surface area contributed by atoms with Gasteiger partial charge in [0.15, 0.2) is 0 Å². The van der Waals surface area contributed by atoms with Crippen LogP contribution < -0.4 is 28.1 Å². The van der Waals surface area contributed by atoms with Crippen molar-refractivity contribution < 1.29 is 59.3 Å². The first kappa shape index (κ1) is 40.9. The molecule has 0 aliphatic heterocycles. The summed E-state index contributed by atoms with van der Waals surface area (Å²) in [4.78, 5) is 0. The maximum Gasteiger partial charge on any atom is -1.00 e. The number of fused-ring (bicyclic) bond motifs is 3. The van der Waals surface area contributed by atoms with E-state index in [0.29, 0.717) is 11.3 Å². The van der Waals surface area contributed by atoms with E-state index < -0.39 is 33.0 Å². The minimum atomic E-state index is -4.34. The number of hydrogen-bond acceptors (Lipinski definition) is 0. The summed E-state index contributed by atoms with van der Waals surface area (Å²) < 4.78 is 46.6. The second-order valence-electron chi connectivity index (χ2n) is 19.4. The molecule has 0 N–H and O–H groups in total. The zero-order valence-electron chi connectivity index (χ0n) is 32.7. The molecule has 0 aromatic heterocycles. The summed E-state index contributed by atoms with van der Waals surface area (Å²) in [5.41, 5.74) is 12.3. The Morgan fingerprint density at radius 1 is 0.736 bits per heavy atom. The molecule has 4 fully saturated rings. The van der Waals surface area contributed by atoms with Crippen LogP contribution in [0, 0.1) is 29.1 Å². The smallest absolute Gasteiger partial charge is 1.00 e. The van der Waals surface area contributed by atoms with Crippen LogP contribution in [-0.2, 0) is 44.7 Å². The van der Waals surface area contributed by atoms with Gasteiger partial charge in [0.2, 0.25) is 0 Å². The summed E-state index contributed by atoms with van der Waals surface area (Å²) >= 11 is -2.92. The van der Waals surface area contributed by atoms with Crippen molar-refractivity contribution in [3.8, 4) is 11.1 Å². The number of benzene rings is 3. The van der Waals surface area contributed by atoms with Gasteiger partial charge < -0.3 is 24.8 Å². The van der Waals surface area contributed by atoms with Gasteiger partial charge in [0.1, 0.15) is 0 Å². The molecule has 0 radical (unpaired) electrons. The summed E-state index contributed by atoms with van der Waals surface area (Å²) in [6.07, 6.45) is 9.03. The Hall–Kier alpha value is -1.74. The van der Waals surface area contributed by atoms with Crippen LogP contribution in [0.2, 0.25) is 0 Å². The SMILES string of the molecule is CC1=[C](/[Zr+2](=[CH]/c2ccc(C(F)(F)F)cc2)[c]2cc(C(C)(C)C)cc3c2Cc2ccc(C(C)(C)C)cc2-3)C(C)C=C1CC12CC3CC(CC(C3)C1)C2.[Cl-].[Cl-]. The van der Waals surface area contributed by atoms with Crippen LogP contribution in [0.4, 0.5) is 13.2 Å². The van der Waals surface area contributed by atoms with E-state index in [2.05, 4.69) is 95.5 Å². The first-order valence-corrected chi connectivity index (χ1v) is 23.4. The van der Waals surface area contributed by atoms with Gasteiger partial charge in [-0.2, -0.15) is 0 Å². The molecule has 0 nitrogen and oxygen atoms in total. The average molecular weight is 839 g/mol. The molecule has 53 heavy (non-hydrogen) atoms. The van der Waals surface area contributed by atoms with E-state index in [1.54, 1.807) is 21.0 Å². The quantitative estimate of drug-likeness (QED) is 0.218. The van der Waals surface area contributed by atoms with E-state index in [1.807, 2.05) is 0 Å². The summed E-state index contributed by atoms with van der Waals surface area (Å²) in [7, 11) is 0. The predicted molar refractivity (Wildman–Crippen MR) is 203 cm³/mol. The summed E-state index contributed by atoms with van der Waals surface area (Å²) in [5, 5.41) is 0. The summed E-state index contributed by atoms with van der Waals surface area (Å²) in [5.74, 6) is 3.14. The third kappa shape index (κ3) is 7.71. The Kier molecular flexibility index (Phi) is 11.1. The molecule has 0 amide bonds. The van der Waals surface area contributed by atoms with Crippen molar-refractivity contribution in [1.82, 2.24) is 0 Å². The largest absolute Gasteiger partial charge is 1.00 e. The van der Waals surface area contributed by atoms with Crippen LogP contribution in [0.25, 0.3) is 11.1 Å². The first-order chi connectivity index (χ1) is 23.9. The van der Waals surface area contributed by atoms with E-state index in [9.17, 15) is 13.2 Å². The molecule has 282 valence electrons. The number of allylic oxidation sites excluding steroid dienone is 4. The summed E-state index contributed by atoms with van der Waals surface area (Å²) in [6, 6.07) is 18.1. The van der Waals surface area contributed by atoms with Crippen molar-refractivity contribution in [1.29, 1.82) is 0 Å². The van der Waals surface area contributed by atoms with Crippen molar-refractivity contribution in [2.24, 2.45) is 29.1 Å². The van der Waals surface area contributed by atoms with Gasteiger partial charge in [0.05, 0.1) is 0 Å². The Balaban J connectivity index is 0.00000240. The number of rotatable bonds is 5.